The molecule has 3 aromatic rings. The molecule has 5 heteroatoms. The molecule has 2 unspecified atom stereocenters. The van der Waals surface area contributed by atoms with E-state index in [9.17, 15) is 19.8 Å². The quantitative estimate of drug-likeness (QED) is 0.390. The molecule has 0 spiro atoms. The molecule has 0 aromatic heterocycles. The van der Waals surface area contributed by atoms with Crippen LogP contribution in [0.1, 0.15) is 44.7 Å². The molecule has 1 aliphatic rings. The lowest BCUT2D eigenvalue weighted by Crippen LogP contribution is -2.39. The van der Waals surface area contributed by atoms with Gasteiger partial charge in [0.05, 0.1) is 6.10 Å². The summed E-state index contributed by atoms with van der Waals surface area (Å²) in [6.45, 7) is 4.06. The number of Topliss-reactive ketones (excluding diaryl/α,β-unsaturated/α-hetero) is 1. The van der Waals surface area contributed by atoms with Gasteiger partial charge in [0.2, 0.25) is 0 Å². The molecular formula is C28H27NO4. The number of aliphatic hydroxyl groups excluding tert-OH is 1. The number of benzene rings is 3. The van der Waals surface area contributed by atoms with Gasteiger partial charge in [0.25, 0.3) is 5.91 Å². The first-order valence-corrected chi connectivity index (χ1v) is 11.0. The Morgan fingerprint density at radius 2 is 1.61 bits per heavy atom. The van der Waals surface area contributed by atoms with Crippen molar-refractivity contribution in [1.82, 2.24) is 0 Å². The Kier molecular flexibility index (Phi) is 6.27. The van der Waals surface area contributed by atoms with Crippen LogP contribution < -0.4 is 5.32 Å². The van der Waals surface area contributed by atoms with Crippen molar-refractivity contribution in [2.45, 2.75) is 38.4 Å². The zero-order chi connectivity index (χ0) is 23.6. The third kappa shape index (κ3) is 4.65. The van der Waals surface area contributed by atoms with Crippen molar-refractivity contribution in [1.29, 1.82) is 0 Å². The van der Waals surface area contributed by atoms with Gasteiger partial charge in [0.15, 0.2) is 5.78 Å². The normalized spacial score (nSPS) is 19.8. The monoisotopic (exact) mass is 441 g/mol. The Bertz CT molecular complexity index is 1210. The lowest BCUT2D eigenvalue weighted by molar-refractivity contribution is 0.0392. The van der Waals surface area contributed by atoms with E-state index in [0.717, 1.165) is 22.3 Å². The molecule has 0 aliphatic heterocycles. The van der Waals surface area contributed by atoms with Gasteiger partial charge in [0, 0.05) is 16.8 Å². The number of amides is 1. The predicted molar refractivity (Wildman–Crippen MR) is 129 cm³/mol. The number of nitrogens with one attached hydrogen (secondary N) is 1. The average molecular weight is 442 g/mol. The van der Waals surface area contributed by atoms with Crippen molar-refractivity contribution in [3.8, 4) is 11.1 Å². The standard InChI is InChI=1S/C28H27NO4/c1-18-6-5-7-19(2)25(18)23-8-3-4-9-24(23)27(32)29-21-12-10-20(11-13-21)26(31)28(33)16-14-22(30)15-17-28/h3-14,16,22,30,33H,15,17H2,1-2H3,(H,29,32). The second-order valence-electron chi connectivity index (χ2n) is 8.56. The van der Waals surface area contributed by atoms with Crippen LogP contribution in [0.5, 0.6) is 0 Å². The van der Waals surface area contributed by atoms with E-state index in [2.05, 4.69) is 5.32 Å². The van der Waals surface area contributed by atoms with Crippen LogP contribution in [0.2, 0.25) is 0 Å². The molecule has 2 atom stereocenters. The van der Waals surface area contributed by atoms with Gasteiger partial charge in [-0.3, -0.25) is 9.59 Å². The van der Waals surface area contributed by atoms with Crippen LogP contribution in [0.15, 0.2) is 78.9 Å². The maximum Gasteiger partial charge on any atom is 0.256 e. The Labute approximate surface area is 193 Å². The van der Waals surface area contributed by atoms with Gasteiger partial charge in [0.1, 0.15) is 5.60 Å². The largest absolute Gasteiger partial charge is 0.389 e. The zero-order valence-corrected chi connectivity index (χ0v) is 18.7. The molecule has 0 fully saturated rings. The van der Waals surface area contributed by atoms with Crippen molar-refractivity contribution in [3.05, 3.63) is 101 Å². The molecule has 4 rings (SSSR count). The highest BCUT2D eigenvalue weighted by molar-refractivity contribution is 6.09. The van der Waals surface area contributed by atoms with E-state index in [-0.39, 0.29) is 12.3 Å². The summed E-state index contributed by atoms with van der Waals surface area (Å²) in [4.78, 5) is 25.9. The summed E-state index contributed by atoms with van der Waals surface area (Å²) >= 11 is 0. The Morgan fingerprint density at radius 1 is 0.939 bits per heavy atom. The second kappa shape index (κ2) is 9.14. The number of ketones is 1. The first kappa shape index (κ1) is 22.6. The Morgan fingerprint density at radius 3 is 2.24 bits per heavy atom. The first-order chi connectivity index (χ1) is 15.8. The highest BCUT2D eigenvalue weighted by atomic mass is 16.3. The minimum absolute atomic E-state index is 0.164. The number of anilines is 1. The van der Waals surface area contributed by atoms with E-state index in [1.165, 1.54) is 12.2 Å². The lowest BCUT2D eigenvalue weighted by Gasteiger charge is -2.27. The van der Waals surface area contributed by atoms with Crippen molar-refractivity contribution in [2.75, 3.05) is 5.32 Å². The highest BCUT2D eigenvalue weighted by Gasteiger charge is 2.36. The summed E-state index contributed by atoms with van der Waals surface area (Å²) in [7, 11) is 0. The van der Waals surface area contributed by atoms with Crippen LogP contribution >= 0.6 is 0 Å². The number of hydrogen-bond acceptors (Lipinski definition) is 4. The number of carbonyl (C=O) groups is 2. The van der Waals surface area contributed by atoms with E-state index in [1.54, 1.807) is 30.3 Å². The van der Waals surface area contributed by atoms with E-state index < -0.39 is 17.5 Å². The van der Waals surface area contributed by atoms with Gasteiger partial charge in [-0.1, -0.05) is 42.5 Å². The van der Waals surface area contributed by atoms with Crippen LogP contribution in [0.4, 0.5) is 5.69 Å². The molecule has 5 nitrogen and oxygen atoms in total. The topological polar surface area (TPSA) is 86.6 Å². The maximum atomic E-state index is 13.1. The van der Waals surface area contributed by atoms with Crippen LogP contribution in [-0.4, -0.2) is 33.6 Å². The molecule has 0 saturated carbocycles. The molecule has 168 valence electrons. The van der Waals surface area contributed by atoms with Crippen LogP contribution in [0, 0.1) is 13.8 Å². The summed E-state index contributed by atoms with van der Waals surface area (Å²) in [6, 6.07) is 20.0. The summed E-state index contributed by atoms with van der Waals surface area (Å²) in [5.41, 5.74) is 3.95. The third-order valence-corrected chi connectivity index (χ3v) is 6.14. The van der Waals surface area contributed by atoms with Crippen molar-refractivity contribution in [2.24, 2.45) is 0 Å². The van der Waals surface area contributed by atoms with Crippen LogP contribution in [-0.2, 0) is 0 Å². The number of aliphatic hydroxyl groups is 2. The summed E-state index contributed by atoms with van der Waals surface area (Å²) in [5.74, 6) is -0.668. The summed E-state index contributed by atoms with van der Waals surface area (Å²) in [5, 5.41) is 23.1. The molecule has 1 amide bonds. The van der Waals surface area contributed by atoms with Gasteiger partial charge >= 0.3 is 0 Å². The maximum absolute atomic E-state index is 13.1. The highest BCUT2D eigenvalue weighted by Crippen LogP contribution is 2.31. The second-order valence-corrected chi connectivity index (χ2v) is 8.56. The van der Waals surface area contributed by atoms with Crippen LogP contribution in [0.3, 0.4) is 0 Å². The molecular weight excluding hydrogens is 414 g/mol. The molecule has 0 heterocycles. The van der Waals surface area contributed by atoms with Crippen molar-refractivity contribution in [3.63, 3.8) is 0 Å². The van der Waals surface area contributed by atoms with Gasteiger partial charge in [-0.25, -0.2) is 0 Å². The third-order valence-electron chi connectivity index (χ3n) is 6.14. The minimum Gasteiger partial charge on any atom is -0.389 e. The van der Waals surface area contributed by atoms with E-state index in [0.29, 0.717) is 23.2 Å². The van der Waals surface area contributed by atoms with Gasteiger partial charge in [-0.15, -0.1) is 0 Å². The number of rotatable bonds is 5. The van der Waals surface area contributed by atoms with Crippen LogP contribution in [0.25, 0.3) is 11.1 Å². The molecule has 3 N–H and O–H groups in total. The molecule has 0 bridgehead atoms. The average Bonchev–Trinajstić information content (AvgIpc) is 2.81. The van der Waals surface area contributed by atoms with Crippen molar-refractivity contribution < 1.29 is 19.8 Å². The zero-order valence-electron chi connectivity index (χ0n) is 18.7. The fourth-order valence-electron chi connectivity index (χ4n) is 4.30. The van der Waals surface area contributed by atoms with Gasteiger partial charge in [-0.05, 0) is 85.4 Å². The Balaban J connectivity index is 1.55. The number of hydrogen-bond donors (Lipinski definition) is 3. The first-order valence-electron chi connectivity index (χ1n) is 11.0. The minimum atomic E-state index is -1.62. The number of aryl methyl sites for hydroxylation is 2. The fraction of sp³-hybridized carbons (Fsp3) is 0.214. The van der Waals surface area contributed by atoms with E-state index >= 15 is 0 Å². The molecule has 1 aliphatic carbocycles. The van der Waals surface area contributed by atoms with E-state index in [1.807, 2.05) is 50.2 Å². The predicted octanol–water partition coefficient (Wildman–Crippen LogP) is 4.85. The van der Waals surface area contributed by atoms with E-state index in [4.69, 9.17) is 0 Å². The molecule has 0 radical (unpaired) electrons. The number of carbonyl (C=O) groups excluding carboxylic acids is 2. The van der Waals surface area contributed by atoms with Gasteiger partial charge in [-0.2, -0.15) is 0 Å². The van der Waals surface area contributed by atoms with Crippen molar-refractivity contribution >= 4 is 17.4 Å². The SMILES string of the molecule is Cc1cccc(C)c1-c1ccccc1C(=O)Nc1ccc(C(=O)C2(O)C=CC(O)CC2)cc1. The Hall–Kier alpha value is -3.54. The molecule has 33 heavy (non-hydrogen) atoms. The smallest absolute Gasteiger partial charge is 0.256 e. The molecule has 3 aromatic carbocycles. The lowest BCUT2D eigenvalue weighted by atomic mass is 9.83. The summed E-state index contributed by atoms with van der Waals surface area (Å²) < 4.78 is 0. The summed E-state index contributed by atoms with van der Waals surface area (Å²) in [6.07, 6.45) is 2.67. The van der Waals surface area contributed by atoms with Gasteiger partial charge < -0.3 is 15.5 Å². The molecule has 0 saturated heterocycles. The fourth-order valence-corrected chi connectivity index (χ4v) is 4.30.